The van der Waals surface area contributed by atoms with Gasteiger partial charge < -0.3 is 10.0 Å². The van der Waals surface area contributed by atoms with Gasteiger partial charge in [0, 0.05) is 18.8 Å². The van der Waals surface area contributed by atoms with E-state index in [0.29, 0.717) is 12.1 Å². The van der Waals surface area contributed by atoms with E-state index < -0.39 is 5.97 Å². The van der Waals surface area contributed by atoms with Crippen LogP contribution in [0.2, 0.25) is 0 Å². The Balaban J connectivity index is 2.18. The van der Waals surface area contributed by atoms with Crippen LogP contribution in [-0.2, 0) is 4.79 Å². The van der Waals surface area contributed by atoms with E-state index in [1.54, 1.807) is 12.1 Å². The lowest BCUT2D eigenvalue weighted by atomic mass is 9.73. The molecule has 1 fully saturated rings. The largest absolute Gasteiger partial charge is 0.481 e. The van der Waals surface area contributed by atoms with Gasteiger partial charge in [-0.05, 0) is 36.1 Å². The average Bonchev–Trinajstić information content (AvgIpc) is 2.38. The first-order chi connectivity index (χ1) is 8.94. The lowest BCUT2D eigenvalue weighted by molar-refractivity contribution is -0.146. The summed E-state index contributed by atoms with van der Waals surface area (Å²) in [4.78, 5) is 13.5. The minimum absolute atomic E-state index is 0.172. The molecule has 100 valence electrons. The molecule has 1 atom stereocenters. The lowest BCUT2D eigenvalue weighted by Crippen LogP contribution is -2.48. The molecule has 4 heteroatoms. The van der Waals surface area contributed by atoms with Gasteiger partial charge in [0.05, 0.1) is 17.6 Å². The summed E-state index contributed by atoms with van der Waals surface area (Å²) in [6.07, 6.45) is 0.851. The number of carbonyl (C=O) groups is 1. The highest BCUT2D eigenvalue weighted by Gasteiger charge is 2.40. The number of piperidine rings is 1. The molecule has 1 aliphatic heterocycles. The minimum Gasteiger partial charge on any atom is -0.481 e. The van der Waals surface area contributed by atoms with Gasteiger partial charge in [0.2, 0.25) is 0 Å². The first-order valence-corrected chi connectivity index (χ1v) is 6.42. The zero-order chi connectivity index (χ0) is 14.0. The third kappa shape index (κ3) is 2.70. The number of rotatable bonds is 2. The third-order valence-corrected chi connectivity index (χ3v) is 4.03. The molecule has 2 rings (SSSR count). The van der Waals surface area contributed by atoms with Crippen molar-refractivity contribution in [3.63, 3.8) is 0 Å². The molecule has 1 aromatic carbocycles. The van der Waals surface area contributed by atoms with Crippen LogP contribution in [0.4, 0.5) is 5.69 Å². The van der Waals surface area contributed by atoms with E-state index in [1.807, 2.05) is 26.0 Å². The number of hydrogen-bond donors (Lipinski definition) is 1. The van der Waals surface area contributed by atoms with Gasteiger partial charge in [0.15, 0.2) is 0 Å². The summed E-state index contributed by atoms with van der Waals surface area (Å²) in [7, 11) is 0. The van der Waals surface area contributed by atoms with E-state index in [4.69, 9.17) is 5.26 Å². The summed E-state index contributed by atoms with van der Waals surface area (Å²) in [6.45, 7) is 5.40. The lowest BCUT2D eigenvalue weighted by Gasteiger charge is -2.42. The second-order valence-electron chi connectivity index (χ2n) is 5.73. The first-order valence-electron chi connectivity index (χ1n) is 6.42. The van der Waals surface area contributed by atoms with Gasteiger partial charge >= 0.3 is 5.97 Å². The first kappa shape index (κ1) is 13.4. The van der Waals surface area contributed by atoms with Crippen molar-refractivity contribution in [3.05, 3.63) is 29.8 Å². The quantitative estimate of drug-likeness (QED) is 0.885. The highest BCUT2D eigenvalue weighted by molar-refractivity contribution is 5.72. The van der Waals surface area contributed by atoms with Gasteiger partial charge in [-0.15, -0.1) is 0 Å². The molecule has 0 aromatic heterocycles. The highest BCUT2D eigenvalue weighted by atomic mass is 16.4. The zero-order valence-corrected chi connectivity index (χ0v) is 11.3. The van der Waals surface area contributed by atoms with Crippen molar-refractivity contribution in [3.8, 4) is 6.07 Å². The fraction of sp³-hybridized carbons (Fsp3) is 0.467. The normalized spacial score (nSPS) is 21.7. The van der Waals surface area contributed by atoms with Gasteiger partial charge in [-0.25, -0.2) is 0 Å². The molecule has 1 saturated heterocycles. The predicted octanol–water partition coefficient (Wildman–Crippen LogP) is 2.50. The zero-order valence-electron chi connectivity index (χ0n) is 11.3. The molecule has 1 heterocycles. The summed E-state index contributed by atoms with van der Waals surface area (Å²) in [6, 6.07) is 9.39. The molecule has 0 radical (unpaired) electrons. The fourth-order valence-corrected chi connectivity index (χ4v) is 2.55. The molecule has 0 bridgehead atoms. The Bertz CT molecular complexity index is 514. The number of anilines is 1. The van der Waals surface area contributed by atoms with Crippen LogP contribution in [0.5, 0.6) is 0 Å². The molecule has 0 spiro atoms. The van der Waals surface area contributed by atoms with Crippen LogP contribution in [0.3, 0.4) is 0 Å². The van der Waals surface area contributed by atoms with Crippen molar-refractivity contribution in [1.29, 1.82) is 5.26 Å². The van der Waals surface area contributed by atoms with E-state index in [0.717, 1.165) is 18.7 Å². The van der Waals surface area contributed by atoms with Crippen LogP contribution in [-0.4, -0.2) is 24.2 Å². The molecule has 1 aliphatic rings. The molecular weight excluding hydrogens is 240 g/mol. The van der Waals surface area contributed by atoms with Gasteiger partial charge in [-0.2, -0.15) is 5.26 Å². The van der Waals surface area contributed by atoms with Gasteiger partial charge in [0.25, 0.3) is 0 Å². The summed E-state index contributed by atoms with van der Waals surface area (Å²) in [5.41, 5.74) is 1.44. The summed E-state index contributed by atoms with van der Waals surface area (Å²) < 4.78 is 0. The van der Waals surface area contributed by atoms with Crippen molar-refractivity contribution in [2.75, 3.05) is 18.0 Å². The monoisotopic (exact) mass is 258 g/mol. The van der Waals surface area contributed by atoms with E-state index in [-0.39, 0.29) is 11.3 Å². The molecule has 0 aliphatic carbocycles. The van der Waals surface area contributed by atoms with E-state index >= 15 is 0 Å². The van der Waals surface area contributed by atoms with Crippen molar-refractivity contribution in [2.24, 2.45) is 11.3 Å². The van der Waals surface area contributed by atoms with Crippen molar-refractivity contribution in [2.45, 2.75) is 20.3 Å². The Hall–Kier alpha value is -2.02. The van der Waals surface area contributed by atoms with Crippen LogP contribution < -0.4 is 4.90 Å². The highest BCUT2D eigenvalue weighted by Crippen LogP contribution is 2.37. The summed E-state index contributed by atoms with van der Waals surface area (Å²) in [5.74, 6) is -1.10. The van der Waals surface area contributed by atoms with Crippen molar-refractivity contribution in [1.82, 2.24) is 0 Å². The topological polar surface area (TPSA) is 64.3 Å². The van der Waals surface area contributed by atoms with Crippen LogP contribution >= 0.6 is 0 Å². The Morgan fingerprint density at radius 2 is 2.05 bits per heavy atom. The fourth-order valence-electron chi connectivity index (χ4n) is 2.55. The number of carboxylic acids is 1. The average molecular weight is 258 g/mol. The standard InChI is InChI=1S/C15H18N2O2/c1-15(2)7-8-17(10-13(15)14(18)19)12-5-3-11(9-16)4-6-12/h3-6,13H,7-8,10H2,1-2H3,(H,18,19). The molecule has 0 saturated carbocycles. The van der Waals surface area contributed by atoms with E-state index in [1.165, 1.54) is 0 Å². The number of nitrogens with zero attached hydrogens (tertiary/aromatic N) is 2. The van der Waals surface area contributed by atoms with Gasteiger partial charge in [0.1, 0.15) is 0 Å². The molecule has 19 heavy (non-hydrogen) atoms. The Labute approximate surface area is 113 Å². The second-order valence-corrected chi connectivity index (χ2v) is 5.73. The van der Waals surface area contributed by atoms with Gasteiger partial charge in [-0.3, -0.25) is 4.79 Å². The Kier molecular flexibility index (Phi) is 3.48. The Morgan fingerprint density at radius 1 is 1.42 bits per heavy atom. The number of benzene rings is 1. The van der Waals surface area contributed by atoms with E-state index in [2.05, 4.69) is 11.0 Å². The number of carboxylic acid groups (broad SMARTS) is 1. The maximum Gasteiger partial charge on any atom is 0.308 e. The van der Waals surface area contributed by atoms with Crippen LogP contribution in [0, 0.1) is 22.7 Å². The smallest absolute Gasteiger partial charge is 0.308 e. The maximum absolute atomic E-state index is 11.4. The van der Waals surface area contributed by atoms with Crippen molar-refractivity contribution < 1.29 is 9.90 Å². The maximum atomic E-state index is 11.4. The summed E-state index contributed by atoms with van der Waals surface area (Å²) >= 11 is 0. The number of aliphatic carboxylic acids is 1. The molecule has 4 nitrogen and oxygen atoms in total. The number of nitriles is 1. The summed E-state index contributed by atoms with van der Waals surface area (Å²) in [5, 5.41) is 18.1. The van der Waals surface area contributed by atoms with Crippen LogP contribution in [0.15, 0.2) is 24.3 Å². The molecule has 0 amide bonds. The Morgan fingerprint density at radius 3 is 2.58 bits per heavy atom. The van der Waals surface area contributed by atoms with Gasteiger partial charge in [-0.1, -0.05) is 13.8 Å². The third-order valence-electron chi connectivity index (χ3n) is 4.03. The molecular formula is C15H18N2O2. The van der Waals surface area contributed by atoms with Crippen LogP contribution in [0.25, 0.3) is 0 Å². The molecule has 1 aromatic rings. The van der Waals surface area contributed by atoms with E-state index in [9.17, 15) is 9.90 Å². The SMILES string of the molecule is CC1(C)CCN(c2ccc(C#N)cc2)CC1C(=O)O. The number of hydrogen-bond acceptors (Lipinski definition) is 3. The van der Waals surface area contributed by atoms with Crippen LogP contribution in [0.1, 0.15) is 25.8 Å². The van der Waals surface area contributed by atoms with Crippen molar-refractivity contribution >= 4 is 11.7 Å². The minimum atomic E-state index is -0.733. The predicted molar refractivity (Wildman–Crippen MR) is 72.9 cm³/mol. The molecule has 1 N–H and O–H groups in total. The second kappa shape index (κ2) is 4.93. The molecule has 1 unspecified atom stereocenters.